The topological polar surface area (TPSA) is 172 Å². The molecule has 6 heterocycles. The molecule has 2 saturated heterocycles. The van der Waals surface area contributed by atoms with E-state index in [0.29, 0.717) is 50.3 Å². The monoisotopic (exact) mass is 937 g/mol. The third-order valence-electron chi connectivity index (χ3n) is 13.8. The highest BCUT2D eigenvalue weighted by atomic mass is 32.1. The Kier molecular flexibility index (Phi) is 14.9. The number of likely N-dealkylation sites (tertiary alicyclic amines) is 1. The molecule has 17 heteroatoms. The van der Waals surface area contributed by atoms with Gasteiger partial charge >= 0.3 is 12.0 Å². The van der Waals surface area contributed by atoms with Crippen molar-refractivity contribution in [3.8, 4) is 22.5 Å². The Labute approximate surface area is 398 Å². The van der Waals surface area contributed by atoms with Crippen LogP contribution >= 0.6 is 11.3 Å². The Hall–Kier alpha value is -5.65. The van der Waals surface area contributed by atoms with Gasteiger partial charge in [-0.1, -0.05) is 40.3 Å². The van der Waals surface area contributed by atoms with Crippen molar-refractivity contribution in [3.63, 3.8) is 0 Å². The standard InChI is InChI=1S/C50H67N9O7S/c1-12-42(60)55(9)39-20-23-58(30(39)5)49(64)56(10)44(29(3)4)46(61)53-37-25-41-52-38(27-67-41)32-18-19-40-34(24-32)35(45(57(40)13-2)33-16-14-21-51-43(33)31(6)65-11)26-50(7,8)28-66-48(63)36-17-15-22-59(54-36)47(37)62/h12,14,16,18-19,21,24,27,29-31,36-37,39,44,54H,1,13,15,17,20,22-23,25-26,28H2,2-11H3,(H,53,61)/t30-,31-,36-,37-,39+,44-/m0/s1. The van der Waals surface area contributed by atoms with Gasteiger partial charge in [0.05, 0.1) is 46.9 Å². The summed E-state index contributed by atoms with van der Waals surface area (Å²) in [6.45, 7) is 19.1. The van der Waals surface area contributed by atoms with E-state index in [1.54, 1.807) is 37.2 Å². The number of pyridine rings is 1. The number of cyclic esters (lactones) is 1. The fraction of sp³-hybridized carbons (Fsp3) is 0.540. The molecule has 1 aromatic carbocycles. The lowest BCUT2D eigenvalue weighted by Crippen LogP contribution is -2.62. The van der Waals surface area contributed by atoms with Gasteiger partial charge in [0.2, 0.25) is 11.8 Å². The van der Waals surface area contributed by atoms with Gasteiger partial charge < -0.3 is 34.1 Å². The largest absolute Gasteiger partial charge is 0.464 e. The SMILES string of the molecule is C=CC(=O)N(C)[C@@H]1CCN(C(=O)N(C)[C@H](C(=O)N[C@H]2Cc3nc(cs3)-c3ccc4c(c3)c(c(-c3cccnc3[C@H](C)OC)n4CC)CC(C)(C)COC(=O)[C@@H]3CCCN(N3)C2=O)C(C)C)[C@H]1C. The Morgan fingerprint density at radius 2 is 1.90 bits per heavy atom. The van der Waals surface area contributed by atoms with Crippen LogP contribution in [0.4, 0.5) is 4.79 Å². The van der Waals surface area contributed by atoms with Crippen LogP contribution in [0.25, 0.3) is 33.4 Å². The molecular formula is C50H67N9O7S. The third-order valence-corrected chi connectivity index (χ3v) is 14.6. The number of nitrogens with zero attached hydrogens (tertiary/aromatic N) is 7. The van der Waals surface area contributed by atoms with Crippen LogP contribution in [0, 0.1) is 11.3 Å². The van der Waals surface area contributed by atoms with Crippen LogP contribution in [-0.2, 0) is 48.0 Å². The summed E-state index contributed by atoms with van der Waals surface area (Å²) < 4.78 is 14.2. The van der Waals surface area contributed by atoms with Gasteiger partial charge in [-0.25, -0.2) is 15.2 Å². The maximum Gasteiger partial charge on any atom is 0.324 e. The summed E-state index contributed by atoms with van der Waals surface area (Å²) in [5.74, 6) is -1.94. The molecule has 6 bridgehead atoms. The molecular weight excluding hydrogens is 871 g/mol. The van der Waals surface area contributed by atoms with Crippen LogP contribution in [0.5, 0.6) is 0 Å². The summed E-state index contributed by atoms with van der Waals surface area (Å²) in [6.07, 6.45) is 5.01. The summed E-state index contributed by atoms with van der Waals surface area (Å²) in [4.78, 5) is 84.4. The van der Waals surface area contributed by atoms with Gasteiger partial charge in [-0.05, 0) is 88.3 Å². The number of hydrogen-bond donors (Lipinski definition) is 2. The summed E-state index contributed by atoms with van der Waals surface area (Å²) in [7, 11) is 4.99. The van der Waals surface area contributed by atoms with Crippen LogP contribution in [-0.4, -0.2) is 135 Å². The third kappa shape index (κ3) is 10.00. The number of aromatic nitrogens is 3. The van der Waals surface area contributed by atoms with Crippen LogP contribution in [0.15, 0.2) is 54.6 Å². The molecule has 67 heavy (non-hydrogen) atoms. The highest BCUT2D eigenvalue weighted by molar-refractivity contribution is 7.10. The number of methoxy groups -OCH3 is 1. The number of carbonyl (C=O) groups excluding carboxylic acids is 5. The van der Waals surface area contributed by atoms with E-state index >= 15 is 0 Å². The molecule has 7 rings (SSSR count). The van der Waals surface area contributed by atoms with Crippen molar-refractivity contribution in [1.82, 2.24) is 45.0 Å². The van der Waals surface area contributed by atoms with Crippen molar-refractivity contribution < 1.29 is 33.4 Å². The number of likely N-dealkylation sites (N-methyl/N-ethyl adjacent to an activating group) is 2. The molecule has 0 saturated carbocycles. The van der Waals surface area contributed by atoms with E-state index in [1.165, 1.54) is 27.3 Å². The number of benzene rings is 1. The summed E-state index contributed by atoms with van der Waals surface area (Å²) in [6, 6.07) is 6.70. The Morgan fingerprint density at radius 3 is 2.60 bits per heavy atom. The van der Waals surface area contributed by atoms with Crippen LogP contribution in [0.3, 0.4) is 0 Å². The maximum atomic E-state index is 14.7. The van der Waals surface area contributed by atoms with Crippen molar-refractivity contribution in [2.45, 2.75) is 123 Å². The van der Waals surface area contributed by atoms with Crippen molar-refractivity contribution >= 4 is 52.0 Å². The highest BCUT2D eigenvalue weighted by Crippen LogP contribution is 2.42. The van der Waals surface area contributed by atoms with Gasteiger partial charge in [0.1, 0.15) is 18.1 Å². The molecule has 0 radical (unpaired) electrons. The predicted octanol–water partition coefficient (Wildman–Crippen LogP) is 6.39. The number of rotatable bonds is 10. The number of urea groups is 1. The second kappa shape index (κ2) is 20.3. The summed E-state index contributed by atoms with van der Waals surface area (Å²) in [5, 5.41) is 8.11. The van der Waals surface area contributed by atoms with Gasteiger partial charge in [-0.2, -0.15) is 0 Å². The number of ether oxygens (including phenoxy) is 2. The molecule has 5 amide bonds. The van der Waals surface area contributed by atoms with E-state index in [1.807, 2.05) is 39.1 Å². The zero-order chi connectivity index (χ0) is 48.5. The first-order valence-corrected chi connectivity index (χ1v) is 24.3. The fourth-order valence-corrected chi connectivity index (χ4v) is 10.9. The molecule has 3 aliphatic rings. The first-order chi connectivity index (χ1) is 31.9. The number of hydrazine groups is 1. The molecule has 3 aliphatic heterocycles. The molecule has 2 fully saturated rings. The van der Waals surface area contributed by atoms with Gasteiger partial charge in [-0.15, -0.1) is 11.3 Å². The lowest BCUT2D eigenvalue weighted by molar-refractivity contribution is -0.155. The second-order valence-corrected chi connectivity index (χ2v) is 20.2. The average Bonchev–Trinajstić information content (AvgIpc) is 4.03. The van der Waals surface area contributed by atoms with Crippen LogP contribution < -0.4 is 10.7 Å². The van der Waals surface area contributed by atoms with Crippen LogP contribution in [0.2, 0.25) is 0 Å². The number of thiazole rings is 1. The lowest BCUT2D eigenvalue weighted by atomic mass is 9.84. The van der Waals surface area contributed by atoms with Gasteiger partial charge in [0, 0.05) is 86.3 Å². The lowest BCUT2D eigenvalue weighted by Gasteiger charge is -2.38. The van der Waals surface area contributed by atoms with Crippen LogP contribution in [0.1, 0.15) is 90.1 Å². The maximum absolute atomic E-state index is 14.7. The normalized spacial score (nSPS) is 22.0. The number of esters is 1. The molecule has 3 aromatic heterocycles. The van der Waals surface area contributed by atoms with Crippen molar-refractivity contribution in [2.24, 2.45) is 11.3 Å². The van der Waals surface area contributed by atoms with Crippen molar-refractivity contribution in [2.75, 3.05) is 40.9 Å². The zero-order valence-electron chi connectivity index (χ0n) is 40.6. The fourth-order valence-electron chi connectivity index (χ4n) is 10.1. The van der Waals surface area contributed by atoms with Crippen molar-refractivity contribution in [1.29, 1.82) is 0 Å². The molecule has 2 N–H and O–H groups in total. The van der Waals surface area contributed by atoms with Gasteiger partial charge in [-0.3, -0.25) is 29.2 Å². The Morgan fingerprint density at radius 1 is 1.13 bits per heavy atom. The van der Waals surface area contributed by atoms with Gasteiger partial charge in [0.25, 0.3) is 5.91 Å². The van der Waals surface area contributed by atoms with E-state index in [9.17, 15) is 24.0 Å². The predicted molar refractivity (Wildman–Crippen MR) is 259 cm³/mol. The molecule has 6 atom stereocenters. The van der Waals surface area contributed by atoms with Crippen molar-refractivity contribution in [3.05, 3.63) is 70.8 Å². The Balaban J connectivity index is 1.25. The molecule has 4 aromatic rings. The number of nitrogens with one attached hydrogen (secondary N) is 2. The molecule has 360 valence electrons. The number of fused-ring (bicyclic) bond motifs is 6. The first-order valence-electron chi connectivity index (χ1n) is 23.4. The minimum atomic E-state index is -1.09. The minimum absolute atomic E-state index is 0.0685. The van der Waals surface area contributed by atoms with E-state index in [0.717, 1.165) is 44.7 Å². The van der Waals surface area contributed by atoms with E-state index in [4.69, 9.17) is 19.4 Å². The number of aryl methyl sites for hydroxylation is 1. The second-order valence-electron chi connectivity index (χ2n) is 19.3. The molecule has 0 spiro atoms. The van der Waals surface area contributed by atoms with E-state index in [-0.39, 0.29) is 49.1 Å². The molecule has 16 nitrogen and oxygen atoms in total. The number of carbonyl (C=O) groups is 5. The van der Waals surface area contributed by atoms with E-state index < -0.39 is 41.3 Å². The summed E-state index contributed by atoms with van der Waals surface area (Å²) in [5.41, 5.74) is 9.24. The van der Waals surface area contributed by atoms with Gasteiger partial charge in [0.15, 0.2) is 0 Å². The number of hydrogen-bond acceptors (Lipinski definition) is 11. The molecule has 0 unspecified atom stereocenters. The average molecular weight is 938 g/mol. The zero-order valence-corrected chi connectivity index (χ0v) is 41.4. The number of amides is 5. The quantitative estimate of drug-likeness (QED) is 0.134. The Bertz CT molecular complexity index is 2520. The minimum Gasteiger partial charge on any atom is -0.464 e. The smallest absolute Gasteiger partial charge is 0.324 e. The van der Waals surface area contributed by atoms with E-state index in [2.05, 4.69) is 66.9 Å². The molecule has 0 aliphatic carbocycles. The summed E-state index contributed by atoms with van der Waals surface area (Å²) >= 11 is 1.40. The first kappa shape index (κ1) is 49.3. The highest BCUT2D eigenvalue weighted by Gasteiger charge is 2.43.